The number of nitrogens with two attached hydrogens (primary N) is 1. The molecular formula is C11H14N2O3. The average molecular weight is 222 g/mol. The van der Waals surface area contributed by atoms with Gasteiger partial charge >= 0.3 is 5.97 Å². The van der Waals surface area contributed by atoms with E-state index >= 15 is 0 Å². The summed E-state index contributed by atoms with van der Waals surface area (Å²) >= 11 is 0. The number of ether oxygens (including phenoxy) is 1. The Bertz CT molecular complexity index is 404. The van der Waals surface area contributed by atoms with E-state index in [-0.39, 0.29) is 5.91 Å². The van der Waals surface area contributed by atoms with Crippen LogP contribution in [0.2, 0.25) is 0 Å². The summed E-state index contributed by atoms with van der Waals surface area (Å²) in [5, 5.41) is 2.61. The van der Waals surface area contributed by atoms with E-state index in [0.29, 0.717) is 11.3 Å². The Morgan fingerprint density at radius 1 is 1.44 bits per heavy atom. The van der Waals surface area contributed by atoms with E-state index in [2.05, 4.69) is 10.1 Å². The van der Waals surface area contributed by atoms with Gasteiger partial charge in [-0.2, -0.15) is 0 Å². The Morgan fingerprint density at radius 2 is 2.12 bits per heavy atom. The van der Waals surface area contributed by atoms with Gasteiger partial charge in [-0.1, -0.05) is 12.1 Å². The Kier molecular flexibility index (Phi) is 4.02. The number of carbonyl (C=O) groups is 2. The van der Waals surface area contributed by atoms with Crippen molar-refractivity contribution in [3.8, 4) is 0 Å². The van der Waals surface area contributed by atoms with Crippen LogP contribution in [-0.2, 0) is 14.3 Å². The van der Waals surface area contributed by atoms with Crippen LogP contribution in [0, 0.1) is 0 Å². The smallest absolute Gasteiger partial charge is 0.327 e. The predicted octanol–water partition coefficient (Wildman–Crippen LogP) is 0.818. The largest absolute Gasteiger partial charge is 0.468 e. The van der Waals surface area contributed by atoms with Gasteiger partial charge in [-0.05, 0) is 17.7 Å². The molecule has 1 unspecified atom stereocenters. The van der Waals surface area contributed by atoms with Gasteiger partial charge in [-0.15, -0.1) is 0 Å². The molecule has 16 heavy (non-hydrogen) atoms. The lowest BCUT2D eigenvalue weighted by Crippen LogP contribution is -2.22. The lowest BCUT2D eigenvalue weighted by molar-refractivity contribution is -0.142. The first-order valence-electron chi connectivity index (χ1n) is 4.75. The molecule has 0 aliphatic carbocycles. The van der Waals surface area contributed by atoms with Crippen LogP contribution in [0.3, 0.4) is 0 Å². The molecule has 86 valence electrons. The van der Waals surface area contributed by atoms with Crippen LogP contribution in [0.5, 0.6) is 0 Å². The van der Waals surface area contributed by atoms with Gasteiger partial charge in [0.15, 0.2) is 0 Å². The predicted molar refractivity (Wildman–Crippen MR) is 59.7 cm³/mol. The number of amides is 1. The lowest BCUT2D eigenvalue weighted by Gasteiger charge is -2.11. The summed E-state index contributed by atoms with van der Waals surface area (Å²) in [5.41, 5.74) is 6.86. The Morgan fingerprint density at radius 3 is 2.69 bits per heavy atom. The zero-order valence-corrected chi connectivity index (χ0v) is 9.19. The third-order valence-corrected chi connectivity index (χ3v) is 2.02. The van der Waals surface area contributed by atoms with Gasteiger partial charge in [-0.3, -0.25) is 9.59 Å². The molecule has 0 aromatic heterocycles. The number of carbonyl (C=O) groups excluding carboxylic acids is 2. The Balaban J connectivity index is 2.89. The molecule has 3 N–H and O–H groups in total. The zero-order valence-electron chi connectivity index (χ0n) is 9.19. The molecule has 0 aliphatic rings. The van der Waals surface area contributed by atoms with Gasteiger partial charge in [0.1, 0.15) is 6.04 Å². The lowest BCUT2D eigenvalue weighted by atomic mass is 10.1. The van der Waals surface area contributed by atoms with Crippen LogP contribution in [0.15, 0.2) is 24.3 Å². The van der Waals surface area contributed by atoms with Gasteiger partial charge in [-0.25, -0.2) is 0 Å². The monoisotopic (exact) mass is 222 g/mol. The summed E-state index contributed by atoms with van der Waals surface area (Å²) < 4.78 is 4.54. The molecule has 5 heteroatoms. The number of hydrogen-bond acceptors (Lipinski definition) is 4. The number of nitrogens with one attached hydrogen (secondary N) is 1. The maximum Gasteiger partial charge on any atom is 0.327 e. The highest BCUT2D eigenvalue weighted by Gasteiger charge is 2.16. The van der Waals surface area contributed by atoms with Crippen molar-refractivity contribution < 1.29 is 14.3 Å². The van der Waals surface area contributed by atoms with Crippen molar-refractivity contribution in [1.82, 2.24) is 0 Å². The molecule has 0 aliphatic heterocycles. The second-order valence-corrected chi connectivity index (χ2v) is 3.31. The molecule has 0 bridgehead atoms. The standard InChI is InChI=1S/C11H14N2O3/c1-7(14)13-9-5-3-4-8(6-9)10(12)11(15)16-2/h3-6,10H,12H2,1-2H3,(H,13,14). The van der Waals surface area contributed by atoms with E-state index in [1.165, 1.54) is 14.0 Å². The van der Waals surface area contributed by atoms with Crippen molar-refractivity contribution in [2.75, 3.05) is 12.4 Å². The van der Waals surface area contributed by atoms with Crippen LogP contribution in [0.4, 0.5) is 5.69 Å². The van der Waals surface area contributed by atoms with E-state index in [4.69, 9.17) is 5.73 Å². The van der Waals surface area contributed by atoms with Crippen molar-refractivity contribution in [2.24, 2.45) is 5.73 Å². The van der Waals surface area contributed by atoms with Crippen LogP contribution in [0.1, 0.15) is 18.5 Å². The number of rotatable bonds is 3. The van der Waals surface area contributed by atoms with E-state index in [0.717, 1.165) is 0 Å². The molecule has 1 amide bonds. The Hall–Kier alpha value is -1.88. The first kappa shape index (κ1) is 12.2. The van der Waals surface area contributed by atoms with Crippen LogP contribution in [0.25, 0.3) is 0 Å². The fourth-order valence-corrected chi connectivity index (χ4v) is 1.28. The van der Waals surface area contributed by atoms with E-state index < -0.39 is 12.0 Å². The maximum absolute atomic E-state index is 11.2. The molecule has 0 saturated heterocycles. The van der Waals surface area contributed by atoms with Crippen LogP contribution < -0.4 is 11.1 Å². The van der Waals surface area contributed by atoms with Crippen LogP contribution >= 0.6 is 0 Å². The molecule has 0 radical (unpaired) electrons. The van der Waals surface area contributed by atoms with Crippen molar-refractivity contribution in [1.29, 1.82) is 0 Å². The minimum atomic E-state index is -0.835. The quantitative estimate of drug-likeness (QED) is 0.742. The van der Waals surface area contributed by atoms with Crippen LogP contribution in [-0.4, -0.2) is 19.0 Å². The summed E-state index contributed by atoms with van der Waals surface area (Å²) in [4.78, 5) is 22.1. The molecule has 1 rings (SSSR count). The molecule has 0 spiro atoms. The minimum absolute atomic E-state index is 0.177. The summed E-state index contributed by atoms with van der Waals surface area (Å²) in [6, 6.07) is 5.94. The van der Waals surface area contributed by atoms with Gasteiger partial charge in [0.2, 0.25) is 5.91 Å². The Labute approximate surface area is 93.6 Å². The number of esters is 1. The molecule has 0 saturated carbocycles. The van der Waals surface area contributed by atoms with E-state index in [1.54, 1.807) is 24.3 Å². The van der Waals surface area contributed by atoms with Crippen molar-refractivity contribution in [3.05, 3.63) is 29.8 Å². The first-order valence-corrected chi connectivity index (χ1v) is 4.75. The summed E-state index contributed by atoms with van der Waals surface area (Å²) in [5.74, 6) is -0.691. The highest BCUT2D eigenvalue weighted by molar-refractivity contribution is 5.89. The van der Waals surface area contributed by atoms with Crippen molar-refractivity contribution in [3.63, 3.8) is 0 Å². The number of hydrogen-bond donors (Lipinski definition) is 2. The SMILES string of the molecule is COC(=O)C(N)c1cccc(NC(C)=O)c1. The molecule has 0 fully saturated rings. The van der Waals surface area contributed by atoms with Gasteiger partial charge in [0.05, 0.1) is 7.11 Å². The maximum atomic E-state index is 11.2. The highest BCUT2D eigenvalue weighted by Crippen LogP contribution is 2.16. The molecule has 5 nitrogen and oxygen atoms in total. The fraction of sp³-hybridized carbons (Fsp3) is 0.273. The minimum Gasteiger partial charge on any atom is -0.468 e. The first-order chi connectivity index (χ1) is 7.54. The number of anilines is 1. The normalized spacial score (nSPS) is 11.7. The fourth-order valence-electron chi connectivity index (χ4n) is 1.28. The van der Waals surface area contributed by atoms with E-state index in [1.807, 2.05) is 0 Å². The molecular weight excluding hydrogens is 208 g/mol. The van der Waals surface area contributed by atoms with Gasteiger partial charge in [0, 0.05) is 12.6 Å². The summed E-state index contributed by atoms with van der Waals surface area (Å²) in [7, 11) is 1.28. The van der Waals surface area contributed by atoms with Crippen molar-refractivity contribution in [2.45, 2.75) is 13.0 Å². The average Bonchev–Trinajstić information content (AvgIpc) is 2.26. The third-order valence-electron chi connectivity index (χ3n) is 2.02. The number of methoxy groups -OCH3 is 1. The van der Waals surface area contributed by atoms with Crippen molar-refractivity contribution >= 4 is 17.6 Å². The second kappa shape index (κ2) is 5.27. The van der Waals surface area contributed by atoms with E-state index in [9.17, 15) is 9.59 Å². The third kappa shape index (κ3) is 3.06. The molecule has 0 heterocycles. The van der Waals surface area contributed by atoms with Gasteiger partial charge < -0.3 is 15.8 Å². The molecule has 1 atom stereocenters. The summed E-state index contributed by atoms with van der Waals surface area (Å²) in [6.45, 7) is 1.41. The summed E-state index contributed by atoms with van der Waals surface area (Å²) in [6.07, 6.45) is 0. The number of benzene rings is 1. The second-order valence-electron chi connectivity index (χ2n) is 3.31. The van der Waals surface area contributed by atoms with Gasteiger partial charge in [0.25, 0.3) is 0 Å². The topological polar surface area (TPSA) is 81.4 Å². The molecule has 1 aromatic carbocycles. The molecule has 1 aromatic rings. The zero-order chi connectivity index (χ0) is 12.1. The highest BCUT2D eigenvalue weighted by atomic mass is 16.5.